The minimum absolute atomic E-state index is 0.0302. The number of nitrogens with one attached hydrogen (secondary N) is 1. The first-order valence-electron chi connectivity index (χ1n) is 7.92. The first-order chi connectivity index (χ1) is 12.0. The van der Waals surface area contributed by atoms with E-state index >= 15 is 0 Å². The van der Waals surface area contributed by atoms with Crippen molar-refractivity contribution in [3.05, 3.63) is 23.8 Å². The molecule has 6 nitrogen and oxygen atoms in total. The van der Waals surface area contributed by atoms with Crippen LogP contribution in [0, 0.1) is 5.92 Å². The van der Waals surface area contributed by atoms with E-state index in [-0.39, 0.29) is 30.3 Å². The zero-order valence-electron chi connectivity index (χ0n) is 14.7. The molecule has 0 aliphatic carbocycles. The van der Waals surface area contributed by atoms with Crippen molar-refractivity contribution in [3.63, 3.8) is 0 Å². The second-order valence-corrected chi connectivity index (χ2v) is 6.02. The van der Waals surface area contributed by atoms with Crippen LogP contribution in [0.2, 0.25) is 0 Å². The van der Waals surface area contributed by atoms with E-state index in [0.717, 1.165) is 0 Å². The number of hydrogen-bond acceptors (Lipinski definition) is 4. The highest BCUT2D eigenvalue weighted by Gasteiger charge is 2.29. The van der Waals surface area contributed by atoms with E-state index in [4.69, 9.17) is 9.84 Å². The van der Waals surface area contributed by atoms with Crippen LogP contribution in [-0.4, -0.2) is 42.9 Å². The fourth-order valence-electron chi connectivity index (χ4n) is 2.16. The number of halogens is 3. The molecule has 1 amide bonds. The van der Waals surface area contributed by atoms with E-state index in [1.165, 1.54) is 25.3 Å². The van der Waals surface area contributed by atoms with Crippen molar-refractivity contribution in [2.24, 2.45) is 5.92 Å². The monoisotopic (exact) mass is 377 g/mol. The number of hydrogen-bond donors (Lipinski definition) is 2. The summed E-state index contributed by atoms with van der Waals surface area (Å²) < 4.78 is 46.4. The van der Waals surface area contributed by atoms with Gasteiger partial charge in [0.2, 0.25) is 5.91 Å². The van der Waals surface area contributed by atoms with E-state index < -0.39 is 30.7 Å². The van der Waals surface area contributed by atoms with E-state index in [9.17, 15) is 22.8 Å². The summed E-state index contributed by atoms with van der Waals surface area (Å²) >= 11 is 0. The molecule has 146 valence electrons. The number of aryl methyl sites for hydroxylation is 1. The Morgan fingerprint density at radius 2 is 1.88 bits per heavy atom. The van der Waals surface area contributed by atoms with Crippen LogP contribution in [0.4, 0.5) is 13.2 Å². The average Bonchev–Trinajstić information content (AvgIpc) is 2.54. The predicted octanol–water partition coefficient (Wildman–Crippen LogP) is 2.79. The molecule has 0 radical (unpaired) electrons. The number of amides is 1. The number of carbonyl (C=O) groups is 2. The number of aliphatic carboxylic acids is 1. The number of ether oxygens (including phenoxy) is 2. The summed E-state index contributed by atoms with van der Waals surface area (Å²) in [6.45, 7) is 1.93. The summed E-state index contributed by atoms with van der Waals surface area (Å²) in [6.07, 6.45) is -4.16. The van der Waals surface area contributed by atoms with Crippen molar-refractivity contribution in [1.82, 2.24) is 5.32 Å². The Hall–Kier alpha value is -2.45. The average molecular weight is 377 g/mol. The van der Waals surface area contributed by atoms with Gasteiger partial charge in [-0.05, 0) is 30.0 Å². The summed E-state index contributed by atoms with van der Waals surface area (Å²) in [5, 5.41) is 11.5. The molecule has 0 aliphatic heterocycles. The number of carboxylic acid groups (broad SMARTS) is 1. The maximum atomic E-state index is 12.2. The lowest BCUT2D eigenvalue weighted by Gasteiger charge is -2.18. The minimum atomic E-state index is -4.46. The first kappa shape index (κ1) is 21.6. The highest BCUT2D eigenvalue weighted by Crippen LogP contribution is 2.30. The molecular weight excluding hydrogens is 355 g/mol. The largest absolute Gasteiger partial charge is 0.493 e. The molecule has 0 fully saturated rings. The summed E-state index contributed by atoms with van der Waals surface area (Å²) in [4.78, 5) is 23.0. The number of carboxylic acids is 1. The van der Waals surface area contributed by atoms with Crippen LogP contribution in [0.5, 0.6) is 11.5 Å². The Morgan fingerprint density at radius 3 is 2.38 bits per heavy atom. The molecule has 0 aromatic heterocycles. The fourth-order valence-corrected chi connectivity index (χ4v) is 2.16. The Balaban J connectivity index is 2.67. The second-order valence-electron chi connectivity index (χ2n) is 6.02. The lowest BCUT2D eigenvalue weighted by molar-refractivity contribution is -0.153. The molecule has 1 aromatic carbocycles. The maximum absolute atomic E-state index is 12.2. The van der Waals surface area contributed by atoms with Crippen molar-refractivity contribution in [3.8, 4) is 11.5 Å². The van der Waals surface area contributed by atoms with Gasteiger partial charge in [-0.2, -0.15) is 13.2 Å². The third-order valence-corrected chi connectivity index (χ3v) is 3.51. The quantitative estimate of drug-likeness (QED) is 0.691. The van der Waals surface area contributed by atoms with Gasteiger partial charge in [0.05, 0.1) is 7.11 Å². The van der Waals surface area contributed by atoms with Gasteiger partial charge in [-0.3, -0.25) is 4.79 Å². The number of alkyl halides is 3. The van der Waals surface area contributed by atoms with E-state index in [1.807, 2.05) is 0 Å². The molecule has 0 unspecified atom stereocenters. The predicted molar refractivity (Wildman–Crippen MR) is 87.3 cm³/mol. The van der Waals surface area contributed by atoms with E-state index in [0.29, 0.717) is 5.56 Å². The lowest BCUT2D eigenvalue weighted by Crippen LogP contribution is -2.44. The summed E-state index contributed by atoms with van der Waals surface area (Å²) in [5.41, 5.74) is 0.646. The molecule has 0 aliphatic rings. The van der Waals surface area contributed by atoms with Gasteiger partial charge >= 0.3 is 12.1 Å². The molecule has 0 bridgehead atoms. The Kier molecular flexibility index (Phi) is 7.73. The molecule has 0 saturated heterocycles. The van der Waals surface area contributed by atoms with Gasteiger partial charge in [0.1, 0.15) is 6.04 Å². The van der Waals surface area contributed by atoms with Crippen molar-refractivity contribution < 1.29 is 37.3 Å². The molecule has 1 atom stereocenters. The zero-order valence-corrected chi connectivity index (χ0v) is 14.7. The molecule has 9 heteroatoms. The molecule has 0 heterocycles. The minimum Gasteiger partial charge on any atom is -0.493 e. The molecule has 26 heavy (non-hydrogen) atoms. The van der Waals surface area contributed by atoms with E-state index in [2.05, 4.69) is 10.1 Å². The Bertz CT molecular complexity index is 631. The van der Waals surface area contributed by atoms with Crippen LogP contribution in [-0.2, 0) is 16.0 Å². The van der Waals surface area contributed by atoms with Gasteiger partial charge in [0, 0.05) is 6.42 Å². The SMILES string of the molecule is COc1cc(CCC(=O)N[C@@H](C(=O)O)C(C)C)ccc1OCC(F)(F)F. The Labute approximate surface area is 149 Å². The molecule has 1 rings (SSSR count). The van der Waals surface area contributed by atoms with Gasteiger partial charge in [0.15, 0.2) is 18.1 Å². The van der Waals surface area contributed by atoms with Gasteiger partial charge in [-0.25, -0.2) is 4.79 Å². The molecule has 0 spiro atoms. The normalized spacial score (nSPS) is 12.6. The first-order valence-corrected chi connectivity index (χ1v) is 7.92. The van der Waals surface area contributed by atoms with Crippen LogP contribution in [0.15, 0.2) is 18.2 Å². The smallest absolute Gasteiger partial charge is 0.422 e. The summed E-state index contributed by atoms with van der Waals surface area (Å²) in [6, 6.07) is 3.37. The summed E-state index contributed by atoms with van der Waals surface area (Å²) in [7, 11) is 1.30. The van der Waals surface area contributed by atoms with Gasteiger partial charge in [0.25, 0.3) is 0 Å². The van der Waals surface area contributed by atoms with Crippen LogP contribution < -0.4 is 14.8 Å². The van der Waals surface area contributed by atoms with Gasteiger partial charge in [-0.1, -0.05) is 19.9 Å². The Morgan fingerprint density at radius 1 is 1.23 bits per heavy atom. The van der Waals surface area contributed by atoms with Crippen LogP contribution in [0.1, 0.15) is 25.8 Å². The molecule has 2 N–H and O–H groups in total. The van der Waals surface area contributed by atoms with Crippen molar-refractivity contribution >= 4 is 11.9 Å². The number of carbonyl (C=O) groups excluding carboxylic acids is 1. The fraction of sp³-hybridized carbons (Fsp3) is 0.529. The number of methoxy groups -OCH3 is 1. The summed E-state index contributed by atoms with van der Waals surface area (Å²) in [5.74, 6) is -1.73. The third kappa shape index (κ3) is 7.20. The van der Waals surface area contributed by atoms with E-state index in [1.54, 1.807) is 13.8 Å². The van der Waals surface area contributed by atoms with Crippen LogP contribution >= 0.6 is 0 Å². The highest BCUT2D eigenvalue weighted by molar-refractivity contribution is 5.83. The van der Waals surface area contributed by atoms with Gasteiger partial charge < -0.3 is 19.9 Å². The molecular formula is C17H22F3NO5. The lowest BCUT2D eigenvalue weighted by atomic mass is 10.0. The maximum Gasteiger partial charge on any atom is 0.422 e. The van der Waals surface area contributed by atoms with Crippen molar-refractivity contribution in [2.45, 2.75) is 38.9 Å². The van der Waals surface area contributed by atoms with Gasteiger partial charge in [-0.15, -0.1) is 0 Å². The third-order valence-electron chi connectivity index (χ3n) is 3.51. The number of benzene rings is 1. The second kappa shape index (κ2) is 9.30. The highest BCUT2D eigenvalue weighted by atomic mass is 19.4. The number of rotatable bonds is 9. The standard InChI is InChI=1S/C17H22F3NO5/c1-10(2)15(16(23)24)21-14(22)7-5-11-4-6-12(13(8-11)25-3)26-9-17(18,19)20/h4,6,8,10,15H,5,7,9H2,1-3H3,(H,21,22)(H,23,24)/t15-/m1/s1. The van der Waals surface area contributed by atoms with Crippen molar-refractivity contribution in [2.75, 3.05) is 13.7 Å². The zero-order chi connectivity index (χ0) is 19.9. The topological polar surface area (TPSA) is 84.9 Å². The molecule has 0 saturated carbocycles. The van der Waals surface area contributed by atoms with Crippen LogP contribution in [0.3, 0.4) is 0 Å². The molecule has 1 aromatic rings. The van der Waals surface area contributed by atoms with Crippen molar-refractivity contribution in [1.29, 1.82) is 0 Å². The van der Waals surface area contributed by atoms with Crippen LogP contribution in [0.25, 0.3) is 0 Å².